The van der Waals surface area contributed by atoms with E-state index in [1.165, 1.54) is 6.54 Å². The van der Waals surface area contributed by atoms with E-state index in [1.807, 2.05) is 0 Å². The van der Waals surface area contributed by atoms with E-state index < -0.39 is 11.9 Å². The highest BCUT2D eigenvalue weighted by molar-refractivity contribution is 6.27. The summed E-state index contributed by atoms with van der Waals surface area (Å²) in [5.41, 5.74) is 0. The standard InChI is InChI=1S/C7H16N2.C2H2O4/c1-6-5-9(3)7(2)4-8-6;3-1(4)2(5)6/h6-8H,4-5H2,1-3H3;(H,3,4)(H,5,6)/t6-,7+;/m0./s1. The molecule has 1 aliphatic rings. The van der Waals surface area contributed by atoms with Crippen LogP contribution >= 0.6 is 0 Å². The minimum Gasteiger partial charge on any atom is -0.473 e. The van der Waals surface area contributed by atoms with Crippen molar-refractivity contribution in [3.8, 4) is 0 Å². The Hall–Kier alpha value is -1.14. The lowest BCUT2D eigenvalue weighted by Gasteiger charge is -2.34. The Bertz CT molecular complexity index is 220. The molecule has 0 unspecified atom stereocenters. The van der Waals surface area contributed by atoms with Crippen molar-refractivity contribution in [2.75, 3.05) is 20.1 Å². The van der Waals surface area contributed by atoms with E-state index in [9.17, 15) is 0 Å². The van der Waals surface area contributed by atoms with Crippen molar-refractivity contribution >= 4 is 11.9 Å². The normalized spacial score (nSPS) is 26.3. The summed E-state index contributed by atoms with van der Waals surface area (Å²) in [6.07, 6.45) is 0. The van der Waals surface area contributed by atoms with E-state index in [2.05, 4.69) is 31.1 Å². The van der Waals surface area contributed by atoms with Crippen LogP contribution in [0.2, 0.25) is 0 Å². The molecule has 88 valence electrons. The largest absolute Gasteiger partial charge is 0.473 e. The number of hydrogen-bond acceptors (Lipinski definition) is 4. The molecule has 0 amide bonds. The maximum absolute atomic E-state index is 9.10. The van der Waals surface area contributed by atoms with E-state index >= 15 is 0 Å². The zero-order valence-corrected chi connectivity index (χ0v) is 9.23. The van der Waals surface area contributed by atoms with Gasteiger partial charge in [-0.2, -0.15) is 0 Å². The second-order valence-corrected chi connectivity index (χ2v) is 3.71. The van der Waals surface area contributed by atoms with Crippen LogP contribution in [0, 0.1) is 0 Å². The Morgan fingerprint density at radius 1 is 1.27 bits per heavy atom. The van der Waals surface area contributed by atoms with Crippen LogP contribution in [-0.4, -0.2) is 59.3 Å². The third kappa shape index (κ3) is 6.03. The lowest BCUT2D eigenvalue weighted by Crippen LogP contribution is -2.52. The molecule has 0 aromatic carbocycles. The molecular formula is C9H18N2O4. The molecule has 1 saturated heterocycles. The lowest BCUT2D eigenvalue weighted by atomic mass is 10.2. The Morgan fingerprint density at radius 3 is 2.00 bits per heavy atom. The highest BCUT2D eigenvalue weighted by Crippen LogP contribution is 2.01. The maximum Gasteiger partial charge on any atom is 0.414 e. The van der Waals surface area contributed by atoms with Crippen molar-refractivity contribution in [1.29, 1.82) is 0 Å². The van der Waals surface area contributed by atoms with E-state index in [0.717, 1.165) is 6.54 Å². The number of carboxylic acids is 2. The van der Waals surface area contributed by atoms with Gasteiger partial charge in [0.1, 0.15) is 0 Å². The second kappa shape index (κ2) is 6.36. The summed E-state index contributed by atoms with van der Waals surface area (Å²) >= 11 is 0. The van der Waals surface area contributed by atoms with Crippen molar-refractivity contribution in [2.45, 2.75) is 25.9 Å². The molecule has 6 heteroatoms. The zero-order chi connectivity index (χ0) is 12.0. The maximum atomic E-state index is 9.10. The summed E-state index contributed by atoms with van der Waals surface area (Å²) in [6.45, 7) is 6.79. The van der Waals surface area contributed by atoms with Crippen molar-refractivity contribution in [1.82, 2.24) is 10.2 Å². The Kier molecular flexibility index (Phi) is 5.88. The fourth-order valence-electron chi connectivity index (χ4n) is 1.20. The van der Waals surface area contributed by atoms with E-state index in [-0.39, 0.29) is 0 Å². The molecule has 0 aliphatic carbocycles. The highest BCUT2D eigenvalue weighted by atomic mass is 16.4. The molecule has 1 aliphatic heterocycles. The SMILES string of the molecule is C[C@@H]1CN[C@@H](C)CN1C.O=C(O)C(=O)O. The molecule has 0 radical (unpaired) electrons. The zero-order valence-electron chi connectivity index (χ0n) is 9.23. The van der Waals surface area contributed by atoms with Gasteiger partial charge in [-0.15, -0.1) is 0 Å². The predicted octanol–water partition coefficient (Wildman–Crippen LogP) is -0.546. The first-order valence-corrected chi connectivity index (χ1v) is 4.74. The van der Waals surface area contributed by atoms with E-state index in [4.69, 9.17) is 19.8 Å². The van der Waals surface area contributed by atoms with Crippen LogP contribution in [0.3, 0.4) is 0 Å². The Labute approximate surface area is 88.9 Å². The van der Waals surface area contributed by atoms with Gasteiger partial charge in [0.15, 0.2) is 0 Å². The molecule has 1 heterocycles. The number of likely N-dealkylation sites (N-methyl/N-ethyl adjacent to an activating group) is 1. The number of nitrogens with one attached hydrogen (secondary N) is 1. The molecule has 0 aromatic heterocycles. The van der Waals surface area contributed by atoms with Gasteiger partial charge in [0.05, 0.1) is 0 Å². The Morgan fingerprint density at radius 2 is 1.73 bits per heavy atom. The van der Waals surface area contributed by atoms with Gasteiger partial charge in [0.25, 0.3) is 0 Å². The van der Waals surface area contributed by atoms with Crippen molar-refractivity contribution in [2.24, 2.45) is 0 Å². The van der Waals surface area contributed by atoms with Gasteiger partial charge in [-0.3, -0.25) is 0 Å². The molecule has 1 rings (SSSR count). The van der Waals surface area contributed by atoms with Crippen molar-refractivity contribution < 1.29 is 19.8 Å². The Balaban J connectivity index is 0.000000288. The quantitative estimate of drug-likeness (QED) is 0.473. The number of rotatable bonds is 0. The van der Waals surface area contributed by atoms with Crippen molar-refractivity contribution in [3.05, 3.63) is 0 Å². The summed E-state index contributed by atoms with van der Waals surface area (Å²) in [5, 5.41) is 18.2. The van der Waals surface area contributed by atoms with Gasteiger partial charge in [-0.05, 0) is 20.9 Å². The third-order valence-electron chi connectivity index (χ3n) is 2.26. The summed E-state index contributed by atoms with van der Waals surface area (Å²) in [4.78, 5) is 20.6. The number of carbonyl (C=O) groups is 2. The van der Waals surface area contributed by atoms with Crippen LogP contribution in [0.1, 0.15) is 13.8 Å². The molecular weight excluding hydrogens is 200 g/mol. The molecule has 0 saturated carbocycles. The summed E-state index contributed by atoms with van der Waals surface area (Å²) in [6, 6.07) is 1.38. The smallest absolute Gasteiger partial charge is 0.414 e. The second-order valence-electron chi connectivity index (χ2n) is 3.71. The first-order chi connectivity index (χ1) is 6.84. The van der Waals surface area contributed by atoms with Crippen molar-refractivity contribution in [3.63, 3.8) is 0 Å². The van der Waals surface area contributed by atoms with Gasteiger partial charge in [-0.1, -0.05) is 0 Å². The van der Waals surface area contributed by atoms with E-state index in [1.54, 1.807) is 0 Å². The van der Waals surface area contributed by atoms with Gasteiger partial charge < -0.3 is 20.4 Å². The summed E-state index contributed by atoms with van der Waals surface area (Å²) in [7, 11) is 2.18. The van der Waals surface area contributed by atoms with Gasteiger partial charge in [-0.25, -0.2) is 9.59 Å². The molecule has 2 atom stereocenters. The van der Waals surface area contributed by atoms with Crippen LogP contribution in [0.5, 0.6) is 0 Å². The monoisotopic (exact) mass is 218 g/mol. The van der Waals surface area contributed by atoms with Crippen LogP contribution in [0.4, 0.5) is 0 Å². The van der Waals surface area contributed by atoms with Gasteiger partial charge in [0, 0.05) is 25.2 Å². The third-order valence-corrected chi connectivity index (χ3v) is 2.26. The van der Waals surface area contributed by atoms with Gasteiger partial charge >= 0.3 is 11.9 Å². The van der Waals surface area contributed by atoms with Crippen LogP contribution < -0.4 is 5.32 Å². The minimum absolute atomic E-state index is 0.672. The summed E-state index contributed by atoms with van der Waals surface area (Å²) in [5.74, 6) is -3.65. The molecule has 0 bridgehead atoms. The molecule has 0 spiro atoms. The topological polar surface area (TPSA) is 89.9 Å². The lowest BCUT2D eigenvalue weighted by molar-refractivity contribution is -0.159. The predicted molar refractivity (Wildman–Crippen MR) is 54.8 cm³/mol. The summed E-state index contributed by atoms with van der Waals surface area (Å²) < 4.78 is 0. The number of hydrogen-bond donors (Lipinski definition) is 3. The van der Waals surface area contributed by atoms with Crippen LogP contribution in [-0.2, 0) is 9.59 Å². The van der Waals surface area contributed by atoms with Crippen LogP contribution in [0.15, 0.2) is 0 Å². The number of carboxylic acid groups (broad SMARTS) is 2. The first-order valence-electron chi connectivity index (χ1n) is 4.74. The molecule has 1 fully saturated rings. The number of aliphatic carboxylic acids is 2. The minimum atomic E-state index is -1.82. The fourth-order valence-corrected chi connectivity index (χ4v) is 1.20. The van der Waals surface area contributed by atoms with Crippen LogP contribution in [0.25, 0.3) is 0 Å². The van der Waals surface area contributed by atoms with E-state index in [0.29, 0.717) is 12.1 Å². The number of nitrogens with zero attached hydrogens (tertiary/aromatic N) is 1. The number of piperazine rings is 1. The molecule has 3 N–H and O–H groups in total. The first kappa shape index (κ1) is 13.9. The molecule has 15 heavy (non-hydrogen) atoms. The fraction of sp³-hybridized carbons (Fsp3) is 0.778. The van der Waals surface area contributed by atoms with Gasteiger partial charge in [0.2, 0.25) is 0 Å². The molecule has 0 aromatic rings. The average Bonchev–Trinajstić information content (AvgIpc) is 2.13. The molecule has 6 nitrogen and oxygen atoms in total. The highest BCUT2D eigenvalue weighted by Gasteiger charge is 2.17. The average molecular weight is 218 g/mol.